The van der Waals surface area contributed by atoms with E-state index < -0.39 is 11.7 Å². The molecule has 4 heterocycles. The lowest BCUT2D eigenvalue weighted by molar-refractivity contribution is -0.138. The second-order valence-electron chi connectivity index (χ2n) is 12.2. The Balaban J connectivity index is 1.20. The average molecular weight is 552 g/mol. The van der Waals surface area contributed by atoms with Gasteiger partial charge in [0.2, 0.25) is 0 Å². The fraction of sp³-hybridized carbons (Fsp3) is 0.500. The van der Waals surface area contributed by atoms with Crippen LogP contribution in [0.3, 0.4) is 0 Å². The predicted octanol–water partition coefficient (Wildman–Crippen LogP) is 5.05. The van der Waals surface area contributed by atoms with Gasteiger partial charge in [-0.15, -0.1) is 10.2 Å². The molecule has 0 bridgehead atoms. The van der Waals surface area contributed by atoms with Gasteiger partial charge < -0.3 is 14.2 Å². The van der Waals surface area contributed by atoms with Crippen LogP contribution < -0.4 is 4.90 Å². The molecule has 4 aliphatic rings. The largest absolute Gasteiger partial charge is 0.416 e. The molecule has 3 aliphatic heterocycles. The van der Waals surface area contributed by atoms with E-state index in [1.165, 1.54) is 23.8 Å². The molecule has 1 aromatic heterocycles. The lowest BCUT2D eigenvalue weighted by atomic mass is 9.69. The van der Waals surface area contributed by atoms with Crippen LogP contribution in [0.25, 0.3) is 0 Å². The molecule has 1 amide bonds. The molecule has 1 spiro atoms. The average Bonchev–Trinajstić information content (AvgIpc) is 3.16. The molecule has 3 aromatic rings. The number of aromatic nitrogens is 3. The van der Waals surface area contributed by atoms with Crippen molar-refractivity contribution in [2.75, 3.05) is 31.2 Å². The molecular formula is C30H32F3N5O2. The maximum atomic E-state index is 14.3. The number of carbonyl (C=O) groups is 1. The third kappa shape index (κ3) is 4.06. The molecule has 1 atom stereocenters. The fourth-order valence-electron chi connectivity index (χ4n) is 6.93. The van der Waals surface area contributed by atoms with E-state index in [1.54, 1.807) is 18.5 Å². The van der Waals surface area contributed by atoms with Crippen molar-refractivity contribution < 1.29 is 22.7 Å². The summed E-state index contributed by atoms with van der Waals surface area (Å²) in [6, 6.07) is 10.5. The van der Waals surface area contributed by atoms with Gasteiger partial charge in [-0.1, -0.05) is 19.1 Å². The van der Waals surface area contributed by atoms with Gasteiger partial charge in [-0.3, -0.25) is 9.69 Å². The normalized spacial score (nSPS) is 22.0. The van der Waals surface area contributed by atoms with Crippen molar-refractivity contribution in [3.05, 3.63) is 76.4 Å². The van der Waals surface area contributed by atoms with Gasteiger partial charge in [0.1, 0.15) is 12.2 Å². The highest BCUT2D eigenvalue weighted by Crippen LogP contribution is 2.53. The summed E-state index contributed by atoms with van der Waals surface area (Å²) in [4.78, 5) is 17.4. The van der Waals surface area contributed by atoms with E-state index in [4.69, 9.17) is 4.74 Å². The lowest BCUT2D eigenvalue weighted by Crippen LogP contribution is -2.51. The predicted molar refractivity (Wildman–Crippen MR) is 142 cm³/mol. The first-order valence-electron chi connectivity index (χ1n) is 13.9. The van der Waals surface area contributed by atoms with Crippen molar-refractivity contribution in [2.24, 2.45) is 12.5 Å². The van der Waals surface area contributed by atoms with Gasteiger partial charge >= 0.3 is 6.18 Å². The molecule has 7 nitrogen and oxygen atoms in total. The van der Waals surface area contributed by atoms with Gasteiger partial charge in [0, 0.05) is 37.3 Å². The molecule has 210 valence electrons. The third-order valence-corrected chi connectivity index (χ3v) is 9.70. The summed E-state index contributed by atoms with van der Waals surface area (Å²) in [5, 5.41) is 8.32. The molecule has 10 heteroatoms. The molecule has 2 aromatic carbocycles. The Morgan fingerprint density at radius 3 is 2.55 bits per heavy atom. The van der Waals surface area contributed by atoms with Crippen LogP contribution in [0.1, 0.15) is 70.5 Å². The van der Waals surface area contributed by atoms with Crippen molar-refractivity contribution >= 4 is 11.6 Å². The van der Waals surface area contributed by atoms with Crippen LogP contribution in [0.4, 0.5) is 18.9 Å². The molecular weight excluding hydrogens is 519 g/mol. The van der Waals surface area contributed by atoms with Crippen LogP contribution in [0, 0.1) is 5.41 Å². The van der Waals surface area contributed by atoms with E-state index >= 15 is 0 Å². The van der Waals surface area contributed by atoms with E-state index in [0.717, 1.165) is 30.9 Å². The number of nitrogens with zero attached hydrogens (tertiary/aromatic N) is 5. The number of alkyl halides is 3. The molecule has 2 saturated heterocycles. The monoisotopic (exact) mass is 551 g/mol. The van der Waals surface area contributed by atoms with Gasteiger partial charge in [-0.05, 0) is 72.2 Å². The third-order valence-electron chi connectivity index (χ3n) is 9.70. The molecule has 0 unspecified atom stereocenters. The zero-order chi connectivity index (χ0) is 27.9. The smallest absolute Gasteiger partial charge is 0.379 e. The molecule has 1 aliphatic carbocycles. The number of hydrogen-bond acceptors (Lipinski definition) is 5. The Bertz CT molecular complexity index is 1490. The van der Waals surface area contributed by atoms with Crippen molar-refractivity contribution in [1.29, 1.82) is 0 Å². The molecule has 0 N–H and O–H groups in total. The highest BCUT2D eigenvalue weighted by molar-refractivity contribution is 6.10. The number of ether oxygens (including phenoxy) is 1. The highest BCUT2D eigenvalue weighted by Gasteiger charge is 2.49. The summed E-state index contributed by atoms with van der Waals surface area (Å²) in [6.45, 7) is 5.19. The number of likely N-dealkylation sites (tertiary alicyclic amines) is 1. The van der Waals surface area contributed by atoms with Crippen molar-refractivity contribution in [1.82, 2.24) is 19.7 Å². The van der Waals surface area contributed by atoms with Crippen LogP contribution in [-0.4, -0.2) is 51.9 Å². The maximum Gasteiger partial charge on any atom is 0.416 e. The standard InChI is InChI=1S/C30H32F3N5O2/c1-19(26-35-34-18-36(26)2)29(16-40-17-29)21-4-3-5-22(12-21)38-14-24-23(27(38)39)10-20(11-25(24)30(31,32)33)13-37-9-8-28(15-37)6-7-28/h3-5,10-12,18-19H,6-9,13-17H2,1-2H3/t19-/m1/s1. The number of hydrogen-bond donors (Lipinski definition) is 0. The number of fused-ring (bicyclic) bond motifs is 1. The Kier molecular flexibility index (Phi) is 5.71. The maximum absolute atomic E-state index is 14.3. The summed E-state index contributed by atoms with van der Waals surface area (Å²) in [6.07, 6.45) is 0.641. The number of rotatable bonds is 6. The minimum Gasteiger partial charge on any atom is -0.379 e. The quantitative estimate of drug-likeness (QED) is 0.429. The molecule has 0 radical (unpaired) electrons. The second-order valence-corrected chi connectivity index (χ2v) is 12.2. The van der Waals surface area contributed by atoms with E-state index in [0.29, 0.717) is 36.4 Å². The van der Waals surface area contributed by atoms with Crippen LogP contribution in [-0.2, 0) is 36.5 Å². The van der Waals surface area contributed by atoms with E-state index in [-0.39, 0.29) is 34.9 Å². The Morgan fingerprint density at radius 1 is 1.12 bits per heavy atom. The zero-order valence-electron chi connectivity index (χ0n) is 22.7. The van der Waals surface area contributed by atoms with E-state index in [1.807, 2.05) is 29.8 Å². The Hall–Kier alpha value is -3.24. The Labute approximate surface area is 230 Å². The SMILES string of the molecule is C[C@H](c1nncn1C)C1(c2cccc(N3Cc4c(cc(CN5CCC6(CC6)C5)cc4C(F)(F)F)C3=O)c2)COC1. The second kappa shape index (κ2) is 8.88. The molecule has 1 saturated carbocycles. The molecule has 7 rings (SSSR count). The molecule has 3 fully saturated rings. The highest BCUT2D eigenvalue weighted by atomic mass is 19.4. The number of amides is 1. The summed E-state index contributed by atoms with van der Waals surface area (Å²) >= 11 is 0. The number of anilines is 1. The summed E-state index contributed by atoms with van der Waals surface area (Å²) in [5.41, 5.74) is 1.63. The summed E-state index contributed by atoms with van der Waals surface area (Å²) in [5.74, 6) is 0.418. The van der Waals surface area contributed by atoms with Crippen molar-refractivity contribution in [2.45, 2.75) is 56.8 Å². The van der Waals surface area contributed by atoms with Gasteiger partial charge in [-0.25, -0.2) is 0 Å². The minimum atomic E-state index is -4.54. The van der Waals surface area contributed by atoms with Crippen molar-refractivity contribution in [3.8, 4) is 0 Å². The van der Waals surface area contributed by atoms with Gasteiger partial charge in [-0.2, -0.15) is 13.2 Å². The number of aryl methyl sites for hydroxylation is 1. The van der Waals surface area contributed by atoms with Crippen LogP contribution in [0.15, 0.2) is 42.7 Å². The van der Waals surface area contributed by atoms with Crippen molar-refractivity contribution in [3.63, 3.8) is 0 Å². The van der Waals surface area contributed by atoms with Gasteiger partial charge in [0.15, 0.2) is 0 Å². The first-order chi connectivity index (χ1) is 19.1. The topological polar surface area (TPSA) is 63.5 Å². The molecule has 40 heavy (non-hydrogen) atoms. The van der Waals surface area contributed by atoms with Crippen LogP contribution in [0.2, 0.25) is 0 Å². The van der Waals surface area contributed by atoms with Crippen LogP contribution in [0.5, 0.6) is 0 Å². The fourth-order valence-corrected chi connectivity index (χ4v) is 6.93. The minimum absolute atomic E-state index is 0.0183. The lowest BCUT2D eigenvalue weighted by Gasteiger charge is -2.46. The van der Waals surface area contributed by atoms with Gasteiger partial charge in [0.05, 0.1) is 30.7 Å². The van der Waals surface area contributed by atoms with Gasteiger partial charge in [0.25, 0.3) is 5.91 Å². The van der Waals surface area contributed by atoms with Crippen LogP contribution >= 0.6 is 0 Å². The van der Waals surface area contributed by atoms with E-state index in [2.05, 4.69) is 22.0 Å². The Morgan fingerprint density at radius 2 is 1.93 bits per heavy atom. The number of benzene rings is 2. The number of carbonyl (C=O) groups excluding carboxylic acids is 1. The number of halogens is 3. The van der Waals surface area contributed by atoms with E-state index in [9.17, 15) is 18.0 Å². The first kappa shape index (κ1) is 25.7. The zero-order valence-corrected chi connectivity index (χ0v) is 22.7. The first-order valence-corrected chi connectivity index (χ1v) is 13.9. The summed E-state index contributed by atoms with van der Waals surface area (Å²) < 4.78 is 50.4. The summed E-state index contributed by atoms with van der Waals surface area (Å²) in [7, 11) is 1.90.